The monoisotopic (exact) mass is 520 g/mol. The fourth-order valence-electron chi connectivity index (χ4n) is 3.85. The smallest absolute Gasteiger partial charge is 0.193 e. The van der Waals surface area contributed by atoms with E-state index in [1.54, 1.807) is 22.8 Å². The van der Waals surface area contributed by atoms with Gasteiger partial charge >= 0.3 is 0 Å². The van der Waals surface area contributed by atoms with Gasteiger partial charge in [-0.15, -0.1) is 16.9 Å². The Labute approximate surface area is 221 Å². The van der Waals surface area contributed by atoms with Gasteiger partial charge in [-0.3, -0.25) is 4.79 Å². The van der Waals surface area contributed by atoms with Crippen LogP contribution in [0.1, 0.15) is 53.2 Å². The summed E-state index contributed by atoms with van der Waals surface area (Å²) in [5.74, 6) is 1.87. The molecule has 0 amide bonds. The van der Waals surface area contributed by atoms with Crippen LogP contribution in [-0.2, 0) is 13.0 Å². The summed E-state index contributed by atoms with van der Waals surface area (Å²) in [5.41, 5.74) is 3.55. The maximum atomic E-state index is 12.8. The number of halogens is 1. The summed E-state index contributed by atoms with van der Waals surface area (Å²) in [5, 5.41) is 11.9. The number of hydrogen-bond donors (Lipinski definition) is 0. The summed E-state index contributed by atoms with van der Waals surface area (Å²) in [6, 6.07) is 21.3. The molecule has 0 aliphatic rings. The average molecular weight is 521 g/mol. The number of unbranched alkanes of at least 4 members (excludes halogenated alkanes) is 1. The third-order valence-corrected chi connectivity index (χ3v) is 7.25. The number of carbonyl (C=O) groups is 1. The molecule has 0 radical (unpaired) electrons. The molecule has 0 aliphatic carbocycles. The van der Waals surface area contributed by atoms with Crippen molar-refractivity contribution in [1.82, 2.24) is 20.2 Å². The van der Waals surface area contributed by atoms with Crippen molar-refractivity contribution in [3.05, 3.63) is 100 Å². The van der Waals surface area contributed by atoms with Crippen LogP contribution in [0.25, 0.3) is 0 Å². The topological polar surface area (TPSA) is 69.9 Å². The molecule has 0 atom stereocenters. The molecule has 0 N–H and O–H groups in total. The van der Waals surface area contributed by atoms with Gasteiger partial charge in [0.25, 0.3) is 0 Å². The van der Waals surface area contributed by atoms with Gasteiger partial charge < -0.3 is 4.74 Å². The summed E-state index contributed by atoms with van der Waals surface area (Å²) >= 11 is 8.23. The van der Waals surface area contributed by atoms with Crippen molar-refractivity contribution < 1.29 is 9.53 Å². The van der Waals surface area contributed by atoms with Crippen LogP contribution >= 0.6 is 23.4 Å². The van der Waals surface area contributed by atoms with Gasteiger partial charge in [0.1, 0.15) is 12.1 Å². The molecular formula is C28H29ClN4O2S. The second-order valence-electron chi connectivity index (χ2n) is 8.44. The van der Waals surface area contributed by atoms with E-state index in [4.69, 9.17) is 16.3 Å². The van der Waals surface area contributed by atoms with Gasteiger partial charge in [0.2, 0.25) is 0 Å². The van der Waals surface area contributed by atoms with Crippen LogP contribution < -0.4 is 4.74 Å². The highest BCUT2D eigenvalue weighted by molar-refractivity contribution is 7.99. The number of ketones is 1. The molecule has 0 bridgehead atoms. The number of thioether (sulfide) groups is 1. The van der Waals surface area contributed by atoms with Gasteiger partial charge in [0, 0.05) is 16.0 Å². The Bertz CT molecular complexity index is 1270. The molecule has 186 valence electrons. The minimum Gasteiger partial charge on any atom is -0.493 e. The Kier molecular flexibility index (Phi) is 9.53. The number of carbonyl (C=O) groups excluding carboxylic acids is 1. The minimum absolute atomic E-state index is 0.0404. The maximum absolute atomic E-state index is 12.8. The molecule has 4 aromatic rings. The van der Waals surface area contributed by atoms with Gasteiger partial charge in [0.05, 0.1) is 18.2 Å². The van der Waals surface area contributed by atoms with Crippen molar-refractivity contribution in [2.75, 3.05) is 12.4 Å². The second kappa shape index (κ2) is 13.2. The Morgan fingerprint density at radius 2 is 1.89 bits per heavy atom. The molecular weight excluding hydrogens is 492 g/mol. The van der Waals surface area contributed by atoms with E-state index in [9.17, 15) is 4.79 Å². The molecule has 36 heavy (non-hydrogen) atoms. The van der Waals surface area contributed by atoms with Gasteiger partial charge in [-0.1, -0.05) is 61.3 Å². The Balaban J connectivity index is 1.24. The number of hydrogen-bond acceptors (Lipinski definition) is 6. The van der Waals surface area contributed by atoms with E-state index in [-0.39, 0.29) is 5.78 Å². The first-order valence-corrected chi connectivity index (χ1v) is 13.5. The van der Waals surface area contributed by atoms with Gasteiger partial charge in [-0.05, 0) is 76.9 Å². The molecule has 0 unspecified atom stereocenters. The van der Waals surface area contributed by atoms with E-state index in [0.29, 0.717) is 24.3 Å². The molecule has 0 saturated heterocycles. The average Bonchev–Trinajstić information content (AvgIpc) is 3.41. The maximum Gasteiger partial charge on any atom is 0.193 e. The van der Waals surface area contributed by atoms with Gasteiger partial charge in [-0.2, -0.15) is 0 Å². The third kappa shape index (κ3) is 7.18. The summed E-state index contributed by atoms with van der Waals surface area (Å²) < 4.78 is 7.77. The standard InChI is InChI=1S/C28H29ClN4O2S/c1-2-8-23-18-24(28(34)22-9-4-3-5-10-22)12-13-26(23)35-15-6-7-16-36-27-14-11-21(17-25(27)29)19-33-20-30-31-32-33/h3-5,9-14,17-18,20H,2,6-8,15-16,19H2,1H3. The number of nitrogens with zero attached hydrogens (tertiary/aromatic N) is 4. The van der Waals surface area contributed by atoms with E-state index in [0.717, 1.165) is 58.2 Å². The largest absolute Gasteiger partial charge is 0.493 e. The van der Waals surface area contributed by atoms with Crippen LogP contribution in [0, 0.1) is 0 Å². The Hall–Kier alpha value is -3.16. The van der Waals surface area contributed by atoms with Crippen molar-refractivity contribution in [2.45, 2.75) is 44.0 Å². The quantitative estimate of drug-likeness (QED) is 0.114. The van der Waals surface area contributed by atoms with Crippen molar-refractivity contribution in [1.29, 1.82) is 0 Å². The summed E-state index contributed by atoms with van der Waals surface area (Å²) in [6.45, 7) is 3.37. The molecule has 6 nitrogen and oxygen atoms in total. The SMILES string of the molecule is CCCc1cc(C(=O)c2ccccc2)ccc1OCCCCSc1ccc(Cn2cnnn2)cc1Cl. The van der Waals surface area contributed by atoms with Crippen LogP contribution in [0.15, 0.2) is 78.0 Å². The van der Waals surface area contributed by atoms with Crippen LogP contribution in [0.5, 0.6) is 5.75 Å². The normalized spacial score (nSPS) is 10.9. The lowest BCUT2D eigenvalue weighted by atomic mass is 9.99. The number of benzene rings is 3. The summed E-state index contributed by atoms with van der Waals surface area (Å²) in [6.07, 6.45) is 5.41. The molecule has 4 rings (SSSR count). The molecule has 8 heteroatoms. The van der Waals surface area contributed by atoms with Crippen LogP contribution in [0.4, 0.5) is 0 Å². The fourth-order valence-corrected chi connectivity index (χ4v) is 5.15. The zero-order valence-corrected chi connectivity index (χ0v) is 21.8. The zero-order chi connectivity index (χ0) is 25.2. The molecule has 0 saturated carbocycles. The second-order valence-corrected chi connectivity index (χ2v) is 9.99. The van der Waals surface area contributed by atoms with E-state index in [2.05, 4.69) is 34.6 Å². The molecule has 0 spiro atoms. The first-order chi connectivity index (χ1) is 17.6. The van der Waals surface area contributed by atoms with E-state index in [1.807, 2.05) is 54.6 Å². The van der Waals surface area contributed by atoms with Crippen molar-refractivity contribution in [3.8, 4) is 5.75 Å². The molecule has 1 heterocycles. The summed E-state index contributed by atoms with van der Waals surface area (Å²) in [7, 11) is 0. The molecule has 1 aromatic heterocycles. The number of aryl methyl sites for hydroxylation is 1. The number of tetrazole rings is 1. The lowest BCUT2D eigenvalue weighted by Crippen LogP contribution is -2.05. The van der Waals surface area contributed by atoms with Gasteiger partial charge in [0.15, 0.2) is 5.78 Å². The molecule has 0 aliphatic heterocycles. The van der Waals surface area contributed by atoms with Crippen molar-refractivity contribution >= 4 is 29.1 Å². The zero-order valence-electron chi connectivity index (χ0n) is 20.3. The van der Waals surface area contributed by atoms with Crippen molar-refractivity contribution in [3.63, 3.8) is 0 Å². The van der Waals surface area contributed by atoms with E-state index in [1.165, 1.54) is 0 Å². The predicted octanol–water partition coefficient (Wildman–Crippen LogP) is 6.51. The lowest BCUT2D eigenvalue weighted by molar-refractivity contribution is 0.103. The highest BCUT2D eigenvalue weighted by Crippen LogP contribution is 2.29. The molecule has 3 aromatic carbocycles. The summed E-state index contributed by atoms with van der Waals surface area (Å²) in [4.78, 5) is 13.9. The van der Waals surface area contributed by atoms with E-state index >= 15 is 0 Å². The fraction of sp³-hybridized carbons (Fsp3) is 0.286. The number of rotatable bonds is 13. The predicted molar refractivity (Wildman–Crippen MR) is 144 cm³/mol. The highest BCUT2D eigenvalue weighted by Gasteiger charge is 2.12. The van der Waals surface area contributed by atoms with Crippen LogP contribution in [0.3, 0.4) is 0 Å². The van der Waals surface area contributed by atoms with Crippen LogP contribution in [-0.4, -0.2) is 38.4 Å². The first-order valence-electron chi connectivity index (χ1n) is 12.1. The lowest BCUT2D eigenvalue weighted by Gasteiger charge is -2.13. The first kappa shape index (κ1) is 25.9. The Morgan fingerprint density at radius 3 is 2.64 bits per heavy atom. The Morgan fingerprint density at radius 1 is 1.03 bits per heavy atom. The van der Waals surface area contributed by atoms with Crippen molar-refractivity contribution in [2.24, 2.45) is 0 Å². The van der Waals surface area contributed by atoms with E-state index < -0.39 is 0 Å². The highest BCUT2D eigenvalue weighted by atomic mass is 35.5. The van der Waals surface area contributed by atoms with Crippen LogP contribution in [0.2, 0.25) is 5.02 Å². The minimum atomic E-state index is 0.0404. The van der Waals surface area contributed by atoms with Gasteiger partial charge in [-0.25, -0.2) is 4.68 Å². The third-order valence-electron chi connectivity index (χ3n) is 5.66. The number of aromatic nitrogens is 4. The number of ether oxygens (including phenoxy) is 1. The molecule has 0 fully saturated rings.